The number of nitrogens with zero attached hydrogens (tertiary/aromatic N) is 6. The van der Waals surface area contributed by atoms with Crippen LogP contribution in [0.15, 0.2) is 36.5 Å². The number of nitrogens with one attached hydrogen (secondary N) is 1. The summed E-state index contributed by atoms with van der Waals surface area (Å²) in [5.41, 5.74) is 0.797. The van der Waals surface area contributed by atoms with Gasteiger partial charge in [0.2, 0.25) is 5.95 Å². The van der Waals surface area contributed by atoms with E-state index in [1.807, 2.05) is 11.8 Å². The second-order valence-corrected chi connectivity index (χ2v) is 8.02. The number of aromatic nitrogens is 4. The molecule has 3 heterocycles. The summed E-state index contributed by atoms with van der Waals surface area (Å²) < 4.78 is 26.0. The monoisotopic (exact) mass is 487 g/mol. The van der Waals surface area contributed by atoms with Crippen molar-refractivity contribution in [3.05, 3.63) is 47.9 Å². The fourth-order valence-electron chi connectivity index (χ4n) is 3.33. The van der Waals surface area contributed by atoms with Crippen LogP contribution < -0.4 is 14.5 Å². The minimum atomic E-state index is -0.713. The predicted molar refractivity (Wildman–Crippen MR) is 125 cm³/mol. The Kier molecular flexibility index (Phi) is 7.03. The first kappa shape index (κ1) is 23.6. The Morgan fingerprint density at radius 1 is 1.26 bits per heavy atom. The number of amides is 1. The molecule has 1 aliphatic heterocycles. The third kappa shape index (κ3) is 5.15. The first-order valence-corrected chi connectivity index (χ1v) is 10.9. The van der Waals surface area contributed by atoms with Gasteiger partial charge in [0.15, 0.2) is 17.4 Å². The Bertz CT molecular complexity index is 1180. The highest BCUT2D eigenvalue weighted by Gasteiger charge is 2.24. The summed E-state index contributed by atoms with van der Waals surface area (Å²) in [6.45, 7) is 3.61. The Labute approximate surface area is 200 Å². The second-order valence-electron chi connectivity index (χ2n) is 7.83. The maximum absolute atomic E-state index is 14.8. The van der Waals surface area contributed by atoms with E-state index in [0.717, 1.165) is 6.07 Å². The van der Waals surface area contributed by atoms with Crippen LogP contribution in [0.3, 0.4) is 0 Å². The van der Waals surface area contributed by atoms with Crippen molar-refractivity contribution < 1.29 is 18.7 Å². The molecule has 178 valence electrons. The van der Waals surface area contributed by atoms with Gasteiger partial charge in [0.1, 0.15) is 5.82 Å². The number of anilines is 2. The lowest BCUT2D eigenvalue weighted by Crippen LogP contribution is -2.44. The number of carbonyl (C=O) groups is 1. The van der Waals surface area contributed by atoms with E-state index in [4.69, 9.17) is 21.3 Å². The van der Waals surface area contributed by atoms with Gasteiger partial charge in [-0.25, -0.2) is 9.37 Å². The standard InChI is InChI=1S/C22H23ClFN7O3/c1-13-12-33-9-8-31(13)21-26-19(15-5-7-18(29-23)25-11-15)27-22(28-21)34-17-6-4-14(10-16(17)24)20(32)30(2)3/h4-7,10-11,13H,8-9,12H2,1-3H3,(H,25,29)/t13-/m0/s1. The van der Waals surface area contributed by atoms with Crippen molar-refractivity contribution in [2.75, 3.05) is 43.6 Å². The highest BCUT2D eigenvalue weighted by molar-refractivity contribution is 6.23. The molecule has 1 atom stereocenters. The number of hydrogen-bond acceptors (Lipinski definition) is 9. The smallest absolute Gasteiger partial charge is 0.327 e. The summed E-state index contributed by atoms with van der Waals surface area (Å²) in [5.74, 6) is -0.0167. The first-order valence-electron chi connectivity index (χ1n) is 10.5. The fourth-order valence-corrected chi connectivity index (χ4v) is 3.44. The Balaban J connectivity index is 1.71. The lowest BCUT2D eigenvalue weighted by atomic mass is 10.2. The topological polar surface area (TPSA) is 106 Å². The summed E-state index contributed by atoms with van der Waals surface area (Å²) in [5, 5.41) is 0. The van der Waals surface area contributed by atoms with Crippen molar-refractivity contribution in [2.24, 2.45) is 0 Å². The molecule has 0 bridgehead atoms. The maximum atomic E-state index is 14.8. The van der Waals surface area contributed by atoms with Crippen LogP contribution in [0.1, 0.15) is 17.3 Å². The number of pyridine rings is 1. The van der Waals surface area contributed by atoms with E-state index >= 15 is 0 Å². The zero-order valence-electron chi connectivity index (χ0n) is 18.8. The fraction of sp³-hybridized carbons (Fsp3) is 0.318. The SMILES string of the molecule is C[C@H]1COCCN1c1nc(Oc2ccc(C(=O)N(C)C)cc2F)nc(-c2ccc(NCl)nc2)n1. The van der Waals surface area contributed by atoms with E-state index < -0.39 is 5.82 Å². The zero-order valence-corrected chi connectivity index (χ0v) is 19.6. The van der Waals surface area contributed by atoms with Crippen LogP contribution >= 0.6 is 11.8 Å². The third-order valence-corrected chi connectivity index (χ3v) is 5.33. The second kappa shape index (κ2) is 10.1. The lowest BCUT2D eigenvalue weighted by molar-refractivity contribution is 0.0827. The first-order chi connectivity index (χ1) is 16.4. The van der Waals surface area contributed by atoms with E-state index in [1.165, 1.54) is 17.0 Å². The van der Waals surface area contributed by atoms with Crippen LogP contribution in [-0.2, 0) is 4.74 Å². The predicted octanol–water partition coefficient (Wildman–Crippen LogP) is 3.36. The lowest BCUT2D eigenvalue weighted by Gasteiger charge is -2.33. The van der Waals surface area contributed by atoms with Crippen LogP contribution in [0.5, 0.6) is 11.8 Å². The number of rotatable bonds is 6. The number of carbonyl (C=O) groups excluding carboxylic acids is 1. The van der Waals surface area contributed by atoms with E-state index in [9.17, 15) is 9.18 Å². The molecule has 0 saturated carbocycles. The van der Waals surface area contributed by atoms with E-state index in [-0.39, 0.29) is 29.3 Å². The summed E-state index contributed by atoms with van der Waals surface area (Å²) in [4.78, 5) is 35.4. The highest BCUT2D eigenvalue weighted by atomic mass is 35.5. The van der Waals surface area contributed by atoms with Crippen LogP contribution in [0.4, 0.5) is 16.2 Å². The van der Waals surface area contributed by atoms with Gasteiger partial charge in [0.25, 0.3) is 5.91 Å². The molecule has 0 radical (unpaired) electrons. The van der Waals surface area contributed by atoms with Gasteiger partial charge in [-0.1, -0.05) is 0 Å². The molecule has 1 amide bonds. The van der Waals surface area contributed by atoms with Crippen molar-refractivity contribution >= 4 is 29.5 Å². The quantitative estimate of drug-likeness (QED) is 0.524. The van der Waals surface area contributed by atoms with Gasteiger partial charge in [-0.2, -0.15) is 15.0 Å². The summed E-state index contributed by atoms with van der Waals surface area (Å²) in [6.07, 6.45) is 1.55. The molecule has 1 N–H and O–H groups in total. The van der Waals surface area contributed by atoms with Gasteiger partial charge in [-0.15, -0.1) is 0 Å². The van der Waals surface area contributed by atoms with E-state index in [1.54, 1.807) is 32.4 Å². The number of ether oxygens (including phenoxy) is 2. The number of benzene rings is 1. The molecule has 1 fully saturated rings. The Morgan fingerprint density at radius 3 is 2.74 bits per heavy atom. The number of hydrogen-bond donors (Lipinski definition) is 1. The highest BCUT2D eigenvalue weighted by Crippen LogP contribution is 2.28. The third-order valence-electron chi connectivity index (χ3n) is 5.13. The van der Waals surface area contributed by atoms with Crippen LogP contribution in [0, 0.1) is 5.82 Å². The van der Waals surface area contributed by atoms with Gasteiger partial charge >= 0.3 is 6.01 Å². The molecule has 0 unspecified atom stereocenters. The van der Waals surface area contributed by atoms with Crippen molar-refractivity contribution in [1.82, 2.24) is 24.8 Å². The average Bonchev–Trinajstić information content (AvgIpc) is 2.85. The van der Waals surface area contributed by atoms with Gasteiger partial charge in [0.05, 0.1) is 19.3 Å². The van der Waals surface area contributed by atoms with Crippen LogP contribution in [0.2, 0.25) is 0 Å². The molecule has 1 saturated heterocycles. The molecular weight excluding hydrogens is 465 g/mol. The van der Waals surface area contributed by atoms with Crippen molar-refractivity contribution in [3.8, 4) is 23.1 Å². The molecule has 0 aliphatic carbocycles. The van der Waals surface area contributed by atoms with Gasteiger partial charge in [-0.3, -0.25) is 9.63 Å². The Hall–Kier alpha value is -3.57. The maximum Gasteiger partial charge on any atom is 0.327 e. The summed E-state index contributed by atoms with van der Waals surface area (Å²) in [6, 6.07) is 7.31. The van der Waals surface area contributed by atoms with Crippen LogP contribution in [-0.4, -0.2) is 70.6 Å². The molecule has 0 spiro atoms. The molecule has 34 heavy (non-hydrogen) atoms. The Morgan fingerprint density at radius 2 is 2.09 bits per heavy atom. The largest absolute Gasteiger partial charge is 0.421 e. The van der Waals surface area contributed by atoms with E-state index in [2.05, 4.69) is 24.8 Å². The number of morpholine rings is 1. The minimum absolute atomic E-state index is 0.0193. The molecule has 1 aromatic carbocycles. The zero-order chi connectivity index (χ0) is 24.2. The summed E-state index contributed by atoms with van der Waals surface area (Å²) in [7, 11) is 3.19. The van der Waals surface area contributed by atoms with Gasteiger partial charge < -0.3 is 19.3 Å². The molecule has 10 nitrogen and oxygen atoms in total. The molecule has 12 heteroatoms. The van der Waals surface area contributed by atoms with Crippen molar-refractivity contribution in [2.45, 2.75) is 13.0 Å². The molecule has 1 aliphatic rings. The minimum Gasteiger partial charge on any atom is -0.421 e. The average molecular weight is 488 g/mol. The normalized spacial score (nSPS) is 15.7. The van der Waals surface area contributed by atoms with Gasteiger partial charge in [-0.05, 0) is 37.3 Å². The van der Waals surface area contributed by atoms with Crippen molar-refractivity contribution in [1.29, 1.82) is 0 Å². The van der Waals surface area contributed by atoms with E-state index in [0.29, 0.717) is 42.9 Å². The van der Waals surface area contributed by atoms with Crippen LogP contribution in [0.25, 0.3) is 11.4 Å². The summed E-state index contributed by atoms with van der Waals surface area (Å²) >= 11 is 5.59. The van der Waals surface area contributed by atoms with Gasteiger partial charge in [0, 0.05) is 49.7 Å². The van der Waals surface area contributed by atoms with Crippen molar-refractivity contribution in [3.63, 3.8) is 0 Å². The molecule has 3 aromatic rings. The number of halogens is 2. The molecule has 2 aromatic heterocycles. The molecule has 4 rings (SSSR count). The molecular formula is C22H23ClFN7O3.